The SMILES string of the molecule is NCCn1cc(C(=O)Cc2cc(F)ccc2Cl)nn1. The van der Waals surface area contributed by atoms with Crippen LogP contribution in [0.15, 0.2) is 24.4 Å². The smallest absolute Gasteiger partial charge is 0.189 e. The van der Waals surface area contributed by atoms with E-state index in [9.17, 15) is 9.18 Å². The Balaban J connectivity index is 2.13. The maximum Gasteiger partial charge on any atom is 0.189 e. The molecule has 0 spiro atoms. The second-order valence-corrected chi connectivity index (χ2v) is 4.40. The van der Waals surface area contributed by atoms with Crippen molar-refractivity contribution in [3.63, 3.8) is 0 Å². The molecule has 0 aliphatic rings. The number of hydrogen-bond donors (Lipinski definition) is 1. The summed E-state index contributed by atoms with van der Waals surface area (Å²) in [6.07, 6.45) is 1.50. The van der Waals surface area contributed by atoms with Gasteiger partial charge in [0, 0.05) is 18.0 Å². The van der Waals surface area contributed by atoms with Gasteiger partial charge in [-0.2, -0.15) is 0 Å². The first-order chi connectivity index (χ1) is 9.10. The molecular weight excluding hydrogens is 271 g/mol. The standard InChI is InChI=1S/C12H12ClFN4O/c13-10-2-1-9(14)5-8(10)6-12(19)11-7-18(4-3-15)17-16-11/h1-2,5,7H,3-4,6,15H2. The van der Waals surface area contributed by atoms with Crippen molar-refractivity contribution >= 4 is 17.4 Å². The van der Waals surface area contributed by atoms with Gasteiger partial charge in [-0.1, -0.05) is 16.8 Å². The minimum atomic E-state index is -0.431. The van der Waals surface area contributed by atoms with E-state index in [1.165, 1.54) is 29.1 Å². The summed E-state index contributed by atoms with van der Waals surface area (Å²) in [4.78, 5) is 12.0. The van der Waals surface area contributed by atoms with Crippen LogP contribution in [0, 0.1) is 5.82 Å². The number of benzene rings is 1. The number of aromatic nitrogens is 3. The molecule has 0 radical (unpaired) electrons. The number of nitrogens with zero attached hydrogens (tertiary/aromatic N) is 3. The quantitative estimate of drug-likeness (QED) is 0.843. The van der Waals surface area contributed by atoms with Crippen molar-refractivity contribution in [1.82, 2.24) is 15.0 Å². The Morgan fingerprint density at radius 3 is 3.00 bits per heavy atom. The molecule has 0 bridgehead atoms. The third-order valence-electron chi connectivity index (χ3n) is 2.54. The van der Waals surface area contributed by atoms with E-state index < -0.39 is 5.82 Å². The molecule has 0 aliphatic carbocycles. The molecule has 1 aromatic heterocycles. The Morgan fingerprint density at radius 2 is 2.26 bits per heavy atom. The van der Waals surface area contributed by atoms with Gasteiger partial charge in [-0.25, -0.2) is 4.39 Å². The van der Waals surface area contributed by atoms with Crippen LogP contribution in [-0.2, 0) is 13.0 Å². The zero-order chi connectivity index (χ0) is 13.8. The third kappa shape index (κ3) is 3.36. The molecule has 1 heterocycles. The van der Waals surface area contributed by atoms with Crippen LogP contribution in [0.3, 0.4) is 0 Å². The van der Waals surface area contributed by atoms with Crippen molar-refractivity contribution < 1.29 is 9.18 Å². The minimum Gasteiger partial charge on any atom is -0.329 e. The summed E-state index contributed by atoms with van der Waals surface area (Å²) in [5, 5.41) is 7.87. The fourth-order valence-corrected chi connectivity index (χ4v) is 1.79. The lowest BCUT2D eigenvalue weighted by molar-refractivity contribution is 0.0988. The molecule has 0 amide bonds. The molecule has 0 fully saturated rings. The Hall–Kier alpha value is -1.79. The summed E-state index contributed by atoms with van der Waals surface area (Å²) in [7, 11) is 0. The summed E-state index contributed by atoms with van der Waals surface area (Å²) in [5.74, 6) is -0.699. The first kappa shape index (κ1) is 13.6. The number of carbonyl (C=O) groups excluding carboxylic acids is 1. The van der Waals surface area contributed by atoms with Gasteiger partial charge in [0.25, 0.3) is 0 Å². The highest BCUT2D eigenvalue weighted by Crippen LogP contribution is 2.18. The molecule has 0 saturated heterocycles. The number of halogens is 2. The lowest BCUT2D eigenvalue weighted by Crippen LogP contribution is -2.10. The van der Waals surface area contributed by atoms with Crippen molar-refractivity contribution in [3.8, 4) is 0 Å². The van der Waals surface area contributed by atoms with Gasteiger partial charge < -0.3 is 5.73 Å². The van der Waals surface area contributed by atoms with Crippen molar-refractivity contribution in [2.24, 2.45) is 5.73 Å². The van der Waals surface area contributed by atoms with Crippen LogP contribution < -0.4 is 5.73 Å². The maximum absolute atomic E-state index is 13.1. The number of rotatable bonds is 5. The van der Waals surface area contributed by atoms with E-state index in [4.69, 9.17) is 17.3 Å². The van der Waals surface area contributed by atoms with Crippen LogP contribution >= 0.6 is 11.6 Å². The second kappa shape index (κ2) is 5.90. The van der Waals surface area contributed by atoms with Crippen LogP contribution in [0.5, 0.6) is 0 Å². The highest BCUT2D eigenvalue weighted by Gasteiger charge is 2.14. The molecule has 0 atom stereocenters. The Morgan fingerprint density at radius 1 is 1.47 bits per heavy atom. The lowest BCUT2D eigenvalue weighted by Gasteiger charge is -2.02. The van der Waals surface area contributed by atoms with Gasteiger partial charge in [0.05, 0.1) is 12.7 Å². The monoisotopic (exact) mass is 282 g/mol. The van der Waals surface area contributed by atoms with Crippen LogP contribution in [0.1, 0.15) is 16.1 Å². The second-order valence-electron chi connectivity index (χ2n) is 3.99. The first-order valence-electron chi connectivity index (χ1n) is 5.67. The van der Waals surface area contributed by atoms with E-state index in [1.807, 2.05) is 0 Å². The van der Waals surface area contributed by atoms with Gasteiger partial charge in [0.2, 0.25) is 0 Å². The van der Waals surface area contributed by atoms with Crippen LogP contribution in [0.4, 0.5) is 4.39 Å². The highest BCUT2D eigenvalue weighted by atomic mass is 35.5. The molecule has 0 unspecified atom stereocenters. The van der Waals surface area contributed by atoms with E-state index in [2.05, 4.69) is 10.3 Å². The number of nitrogens with two attached hydrogens (primary N) is 1. The van der Waals surface area contributed by atoms with Crippen LogP contribution in [0.2, 0.25) is 5.02 Å². The fourth-order valence-electron chi connectivity index (χ4n) is 1.61. The van der Waals surface area contributed by atoms with Gasteiger partial charge in [0.1, 0.15) is 11.5 Å². The number of carbonyl (C=O) groups is 1. The zero-order valence-corrected chi connectivity index (χ0v) is 10.8. The molecule has 19 heavy (non-hydrogen) atoms. The molecule has 2 N–H and O–H groups in total. The molecule has 100 valence electrons. The summed E-state index contributed by atoms with van der Waals surface area (Å²) in [6, 6.07) is 3.91. The van der Waals surface area contributed by atoms with Crippen molar-refractivity contribution in [2.45, 2.75) is 13.0 Å². The molecule has 7 heteroatoms. The first-order valence-corrected chi connectivity index (χ1v) is 6.05. The normalized spacial score (nSPS) is 10.7. The van der Waals surface area contributed by atoms with E-state index >= 15 is 0 Å². The lowest BCUT2D eigenvalue weighted by atomic mass is 10.1. The van der Waals surface area contributed by atoms with Gasteiger partial charge in [-0.3, -0.25) is 9.48 Å². The van der Waals surface area contributed by atoms with Crippen LogP contribution in [0.25, 0.3) is 0 Å². The van der Waals surface area contributed by atoms with Gasteiger partial charge in [0.15, 0.2) is 5.78 Å². The molecule has 0 saturated carbocycles. The predicted molar refractivity (Wildman–Crippen MR) is 68.5 cm³/mol. The van der Waals surface area contributed by atoms with Gasteiger partial charge >= 0.3 is 0 Å². The number of Topliss-reactive ketones (excluding diaryl/α,β-unsaturated/α-hetero) is 1. The third-order valence-corrected chi connectivity index (χ3v) is 2.91. The molecule has 1 aromatic carbocycles. The van der Waals surface area contributed by atoms with Gasteiger partial charge in [-0.15, -0.1) is 5.10 Å². The number of ketones is 1. The largest absolute Gasteiger partial charge is 0.329 e. The molecular formula is C12H12ClFN4O. The zero-order valence-electron chi connectivity index (χ0n) is 10.0. The Labute approximate surface area is 114 Å². The Bertz CT molecular complexity index is 599. The van der Waals surface area contributed by atoms with Crippen molar-refractivity contribution in [3.05, 3.63) is 46.5 Å². The molecule has 5 nitrogen and oxygen atoms in total. The molecule has 2 aromatic rings. The minimum absolute atomic E-state index is 0.0160. The summed E-state index contributed by atoms with van der Waals surface area (Å²) >= 11 is 5.91. The van der Waals surface area contributed by atoms with Crippen molar-refractivity contribution in [2.75, 3.05) is 6.54 Å². The summed E-state index contributed by atoms with van der Waals surface area (Å²) in [5.41, 5.74) is 6.02. The predicted octanol–water partition coefficient (Wildman–Crippen LogP) is 1.45. The van der Waals surface area contributed by atoms with Crippen molar-refractivity contribution in [1.29, 1.82) is 0 Å². The maximum atomic E-state index is 13.1. The summed E-state index contributed by atoms with van der Waals surface area (Å²) < 4.78 is 14.6. The summed E-state index contributed by atoms with van der Waals surface area (Å²) in [6.45, 7) is 0.897. The van der Waals surface area contributed by atoms with E-state index in [1.54, 1.807) is 0 Å². The average molecular weight is 283 g/mol. The average Bonchev–Trinajstić information content (AvgIpc) is 2.83. The van der Waals surface area contributed by atoms with E-state index in [0.29, 0.717) is 23.7 Å². The molecule has 0 aliphatic heterocycles. The molecule has 2 rings (SSSR count). The topological polar surface area (TPSA) is 73.8 Å². The highest BCUT2D eigenvalue weighted by molar-refractivity contribution is 6.31. The fraction of sp³-hybridized carbons (Fsp3) is 0.250. The van der Waals surface area contributed by atoms with E-state index in [0.717, 1.165) is 0 Å². The Kier molecular flexibility index (Phi) is 4.24. The van der Waals surface area contributed by atoms with Gasteiger partial charge in [-0.05, 0) is 23.8 Å². The number of hydrogen-bond acceptors (Lipinski definition) is 4. The van der Waals surface area contributed by atoms with Crippen LogP contribution in [-0.4, -0.2) is 27.3 Å². The van der Waals surface area contributed by atoms with E-state index in [-0.39, 0.29) is 17.9 Å².